The predicted octanol–water partition coefficient (Wildman–Crippen LogP) is 10.0. The van der Waals surface area contributed by atoms with E-state index in [0.717, 1.165) is 58.9 Å². The number of carbonyl (C=O) groups is 2. The summed E-state index contributed by atoms with van der Waals surface area (Å²) in [5.74, 6) is -0.0736. The topological polar surface area (TPSA) is 168 Å². The number of aromatic amines is 1. The number of allylic oxidation sites excluding steroid dienone is 1. The number of aromatic hydroxyl groups is 1. The highest BCUT2D eigenvalue weighted by Gasteiger charge is 2.39. The molecular weight excluding hydrogens is 771 g/mol. The van der Waals surface area contributed by atoms with Gasteiger partial charge >= 0.3 is 6.09 Å². The molecular formula is C48H59N5O6Si. The van der Waals surface area contributed by atoms with Crippen molar-refractivity contribution in [1.82, 2.24) is 10.3 Å². The fraction of sp³-hybridized carbons (Fsp3) is 0.354. The molecule has 0 spiro atoms. The lowest BCUT2D eigenvalue weighted by molar-refractivity contribution is -0.116. The average molecular weight is 830 g/mol. The Kier molecular flexibility index (Phi) is 14.4. The Morgan fingerprint density at radius 3 is 2.38 bits per heavy atom. The van der Waals surface area contributed by atoms with Crippen LogP contribution in [0.5, 0.6) is 5.75 Å². The highest BCUT2D eigenvalue weighted by Crippen LogP contribution is 2.41. The van der Waals surface area contributed by atoms with Gasteiger partial charge in [-0.2, -0.15) is 0 Å². The van der Waals surface area contributed by atoms with Gasteiger partial charge in [-0.15, -0.1) is 0 Å². The van der Waals surface area contributed by atoms with Gasteiger partial charge in [-0.25, -0.2) is 4.79 Å². The lowest BCUT2D eigenvalue weighted by atomic mass is 9.94. The highest BCUT2D eigenvalue weighted by molar-refractivity contribution is 6.74. The molecule has 60 heavy (non-hydrogen) atoms. The molecule has 6 rings (SSSR count). The molecule has 11 nitrogen and oxygen atoms in total. The summed E-state index contributed by atoms with van der Waals surface area (Å²) in [6, 6.07) is 30.4. The van der Waals surface area contributed by atoms with Crippen molar-refractivity contribution >= 4 is 48.7 Å². The van der Waals surface area contributed by atoms with Crippen molar-refractivity contribution in [2.24, 2.45) is 5.73 Å². The minimum absolute atomic E-state index is 0.0173. The molecule has 0 unspecified atom stereocenters. The number of fused-ring (bicyclic) bond motifs is 1. The van der Waals surface area contributed by atoms with Crippen LogP contribution in [0.1, 0.15) is 82.1 Å². The summed E-state index contributed by atoms with van der Waals surface area (Å²) in [7, 11) is -2.21. The third-order valence-corrected chi connectivity index (χ3v) is 16.1. The number of carbonyl (C=O) groups excluding carboxylic acids is 2. The van der Waals surface area contributed by atoms with Gasteiger partial charge in [-0.05, 0) is 103 Å². The first kappa shape index (κ1) is 44.0. The van der Waals surface area contributed by atoms with Crippen molar-refractivity contribution < 1.29 is 23.9 Å². The average Bonchev–Trinajstić information content (AvgIpc) is 3.21. The second kappa shape index (κ2) is 19.7. The van der Waals surface area contributed by atoms with E-state index in [9.17, 15) is 19.5 Å². The van der Waals surface area contributed by atoms with Gasteiger partial charge in [0.1, 0.15) is 11.9 Å². The number of nitrogens with two attached hydrogens (primary N) is 1. The zero-order valence-corrected chi connectivity index (χ0v) is 36.3. The van der Waals surface area contributed by atoms with Gasteiger partial charge in [0.25, 0.3) is 0 Å². The SMILES string of the molecule is CC(C)(C)[Si](C)(C)O[C@@H](CNCc1ccc(NC(=O)CC/C=C/c2ccc(-c3ccccc3)c(NC(=O)OC3CCC(N)CC3)c2)cc1)c1ccc(O)c2[nH]c(=O)ccc12. The second-order valence-corrected chi connectivity index (χ2v) is 22.0. The molecule has 1 fully saturated rings. The smallest absolute Gasteiger partial charge is 0.411 e. The van der Waals surface area contributed by atoms with Gasteiger partial charge in [-0.1, -0.05) is 93.6 Å². The van der Waals surface area contributed by atoms with Crippen LogP contribution in [0.4, 0.5) is 16.2 Å². The van der Waals surface area contributed by atoms with Crippen molar-refractivity contribution in [3.8, 4) is 16.9 Å². The zero-order valence-electron chi connectivity index (χ0n) is 35.3. The van der Waals surface area contributed by atoms with Crippen LogP contribution in [0.2, 0.25) is 18.1 Å². The summed E-state index contributed by atoms with van der Waals surface area (Å²) in [6.45, 7) is 12.1. The number of amides is 2. The first-order valence-corrected chi connectivity index (χ1v) is 23.8. The number of ether oxygens (including phenoxy) is 1. The Bertz CT molecular complexity index is 2330. The molecule has 4 aromatic carbocycles. The van der Waals surface area contributed by atoms with E-state index >= 15 is 0 Å². The monoisotopic (exact) mass is 829 g/mol. The number of rotatable bonds is 15. The molecule has 2 amide bonds. The predicted molar refractivity (Wildman–Crippen MR) is 245 cm³/mol. The van der Waals surface area contributed by atoms with Crippen molar-refractivity contribution in [2.45, 2.75) is 102 Å². The molecule has 1 atom stereocenters. The summed E-state index contributed by atoms with van der Waals surface area (Å²) in [5, 5.41) is 20.8. The van der Waals surface area contributed by atoms with E-state index in [4.69, 9.17) is 14.9 Å². The lowest BCUT2D eigenvalue weighted by Crippen LogP contribution is -2.43. The minimum atomic E-state index is -2.21. The van der Waals surface area contributed by atoms with Crippen molar-refractivity contribution in [3.05, 3.63) is 130 Å². The number of hydrogen-bond donors (Lipinski definition) is 6. The molecule has 7 N–H and O–H groups in total. The third-order valence-electron chi connectivity index (χ3n) is 11.6. The van der Waals surface area contributed by atoms with Crippen molar-refractivity contribution in [1.29, 1.82) is 0 Å². The molecule has 1 saturated carbocycles. The summed E-state index contributed by atoms with van der Waals surface area (Å²) in [4.78, 5) is 40.7. The van der Waals surface area contributed by atoms with E-state index in [1.807, 2.05) is 91.0 Å². The molecule has 1 aliphatic rings. The van der Waals surface area contributed by atoms with Gasteiger partial charge in [0.15, 0.2) is 8.32 Å². The fourth-order valence-electron chi connectivity index (χ4n) is 7.13. The number of H-pyrrole nitrogens is 1. The van der Waals surface area contributed by atoms with Gasteiger partial charge in [-0.3, -0.25) is 14.9 Å². The van der Waals surface area contributed by atoms with E-state index in [2.05, 4.69) is 54.8 Å². The molecule has 1 aromatic heterocycles. The number of benzene rings is 4. The maximum atomic E-state index is 13.0. The minimum Gasteiger partial charge on any atom is -0.506 e. The molecule has 0 bridgehead atoms. The maximum absolute atomic E-state index is 13.0. The number of pyridine rings is 1. The summed E-state index contributed by atoms with van der Waals surface area (Å²) in [5.41, 5.74) is 12.2. The fourth-order valence-corrected chi connectivity index (χ4v) is 8.41. The number of aromatic nitrogens is 1. The van der Waals surface area contributed by atoms with E-state index in [1.54, 1.807) is 12.1 Å². The van der Waals surface area contributed by atoms with Crippen LogP contribution in [0.3, 0.4) is 0 Å². The van der Waals surface area contributed by atoms with Crippen LogP contribution in [-0.2, 0) is 20.5 Å². The largest absolute Gasteiger partial charge is 0.506 e. The number of phenols is 1. The Morgan fingerprint density at radius 2 is 1.67 bits per heavy atom. The van der Waals surface area contributed by atoms with E-state index in [-0.39, 0.29) is 40.5 Å². The number of anilines is 2. The van der Waals surface area contributed by atoms with Gasteiger partial charge in [0.05, 0.1) is 17.3 Å². The molecule has 316 valence electrons. The normalized spacial score (nSPS) is 16.4. The first-order valence-electron chi connectivity index (χ1n) is 20.9. The number of hydrogen-bond acceptors (Lipinski definition) is 8. The van der Waals surface area contributed by atoms with Gasteiger partial charge in [0.2, 0.25) is 11.5 Å². The maximum Gasteiger partial charge on any atom is 0.411 e. The van der Waals surface area contributed by atoms with Crippen LogP contribution in [0, 0.1) is 0 Å². The van der Waals surface area contributed by atoms with Crippen molar-refractivity contribution in [3.63, 3.8) is 0 Å². The Hall–Kier alpha value is -5.53. The second-order valence-electron chi connectivity index (χ2n) is 17.2. The zero-order chi connectivity index (χ0) is 42.9. The van der Waals surface area contributed by atoms with Crippen LogP contribution in [-0.4, -0.2) is 49.1 Å². The molecule has 0 radical (unpaired) electrons. The Balaban J connectivity index is 1.02. The molecule has 12 heteroatoms. The molecule has 1 aliphatic carbocycles. The molecule has 1 heterocycles. The summed E-state index contributed by atoms with van der Waals surface area (Å²) < 4.78 is 12.7. The Morgan fingerprint density at radius 1 is 0.933 bits per heavy atom. The summed E-state index contributed by atoms with van der Waals surface area (Å²) >= 11 is 0. The number of nitrogens with one attached hydrogen (secondary N) is 4. The number of phenolic OH excluding ortho intramolecular Hbond substituents is 1. The van der Waals surface area contributed by atoms with E-state index < -0.39 is 14.4 Å². The van der Waals surface area contributed by atoms with Crippen LogP contribution >= 0.6 is 0 Å². The molecule has 0 saturated heterocycles. The van der Waals surface area contributed by atoms with Crippen molar-refractivity contribution in [2.75, 3.05) is 17.2 Å². The van der Waals surface area contributed by atoms with Crippen LogP contribution in [0.25, 0.3) is 28.1 Å². The quantitative estimate of drug-likeness (QED) is 0.0567. The van der Waals surface area contributed by atoms with Crippen LogP contribution in [0.15, 0.2) is 108 Å². The lowest BCUT2D eigenvalue weighted by Gasteiger charge is -2.39. The molecule has 0 aliphatic heterocycles. The van der Waals surface area contributed by atoms with Gasteiger partial charge < -0.3 is 35.6 Å². The van der Waals surface area contributed by atoms with E-state index in [0.29, 0.717) is 42.8 Å². The van der Waals surface area contributed by atoms with Gasteiger partial charge in [0, 0.05) is 48.3 Å². The van der Waals surface area contributed by atoms with Crippen LogP contribution < -0.4 is 27.2 Å². The summed E-state index contributed by atoms with van der Waals surface area (Å²) in [6.07, 6.45) is 7.04. The standard InChI is InChI=1S/C48H59N5O6Si/c1-48(2,3)60(4,5)59-43(39-25-27-42(54)46-40(39)26-28-45(56)53-46)31-50-30-33-15-20-36(21-16-33)51-44(55)14-10-9-11-32-17-24-38(34-12-7-6-8-13-34)41(29-32)52-47(57)58-37-22-18-35(49)19-23-37/h6-9,11-13,15-17,20-21,24-29,35,37,43,50,54H,10,14,18-19,22-23,30-31,49H2,1-5H3,(H,51,55)(H,52,57)(H,53,56)/b11-9+/t35?,37?,43-/m0/s1. The Labute approximate surface area is 353 Å². The molecule has 5 aromatic rings. The third kappa shape index (κ3) is 11.8. The highest BCUT2D eigenvalue weighted by atomic mass is 28.4. The first-order chi connectivity index (χ1) is 28.6. The van der Waals surface area contributed by atoms with E-state index in [1.165, 1.54) is 6.07 Å².